The van der Waals surface area contributed by atoms with Crippen LogP contribution in [0.2, 0.25) is 0 Å². The quantitative estimate of drug-likeness (QED) is 0.636. The number of nitrogens with one attached hydrogen (secondary N) is 1. The minimum absolute atomic E-state index is 0.140. The van der Waals surface area contributed by atoms with E-state index < -0.39 is 15.8 Å². The van der Waals surface area contributed by atoms with Crippen LogP contribution < -0.4 is 9.46 Å². The minimum atomic E-state index is -3.83. The van der Waals surface area contributed by atoms with Gasteiger partial charge in [-0.2, -0.15) is 0 Å². The van der Waals surface area contributed by atoms with Gasteiger partial charge in [0.1, 0.15) is 16.5 Å². The first kappa shape index (κ1) is 22.1. The summed E-state index contributed by atoms with van der Waals surface area (Å²) >= 11 is 1.76. The summed E-state index contributed by atoms with van der Waals surface area (Å²) in [4.78, 5) is 3.55. The summed E-state index contributed by atoms with van der Waals surface area (Å²) in [6, 6.07) is 11.9. The largest absolute Gasteiger partial charge is 0.495 e. The number of piperidine rings is 1. The molecule has 0 amide bonds. The average molecular weight is 439 g/mol. The summed E-state index contributed by atoms with van der Waals surface area (Å²) < 4.78 is 46.5. The Bertz CT molecular complexity index is 929. The molecule has 0 aliphatic carbocycles. The van der Waals surface area contributed by atoms with Crippen molar-refractivity contribution in [1.29, 1.82) is 0 Å². The Morgan fingerprint density at radius 2 is 1.93 bits per heavy atom. The number of nitrogens with zero attached hydrogens (tertiary/aromatic N) is 1. The van der Waals surface area contributed by atoms with Crippen LogP contribution in [0.1, 0.15) is 18.4 Å². The van der Waals surface area contributed by atoms with E-state index in [1.165, 1.54) is 29.7 Å². The SMILES string of the molecule is COc1ccc(F)cc1S(=O)(=O)NCC1CCN(Cc2ccccc2SC)CC1. The second-order valence-corrected chi connectivity index (χ2v) is 9.76. The highest BCUT2D eigenvalue weighted by Gasteiger charge is 2.24. The Balaban J connectivity index is 1.54. The molecule has 1 N–H and O–H groups in total. The van der Waals surface area contributed by atoms with Crippen LogP contribution in [0.15, 0.2) is 52.3 Å². The first-order chi connectivity index (χ1) is 13.9. The molecule has 29 heavy (non-hydrogen) atoms. The summed E-state index contributed by atoms with van der Waals surface area (Å²) in [5, 5.41) is 0. The van der Waals surface area contributed by atoms with Crippen molar-refractivity contribution in [1.82, 2.24) is 9.62 Å². The fourth-order valence-electron chi connectivity index (χ4n) is 3.59. The fraction of sp³-hybridized carbons (Fsp3) is 0.429. The van der Waals surface area contributed by atoms with Gasteiger partial charge < -0.3 is 4.74 Å². The number of benzene rings is 2. The molecule has 1 aliphatic rings. The number of halogens is 1. The van der Waals surface area contributed by atoms with E-state index in [0.717, 1.165) is 38.5 Å². The summed E-state index contributed by atoms with van der Waals surface area (Å²) in [7, 11) is -2.46. The van der Waals surface area contributed by atoms with E-state index in [2.05, 4.69) is 40.1 Å². The second-order valence-electron chi connectivity index (χ2n) is 7.18. The average Bonchev–Trinajstić information content (AvgIpc) is 2.73. The molecule has 5 nitrogen and oxygen atoms in total. The summed E-state index contributed by atoms with van der Waals surface area (Å²) in [6.45, 7) is 3.12. The molecule has 0 atom stereocenters. The lowest BCUT2D eigenvalue weighted by Gasteiger charge is -2.32. The molecule has 0 aromatic heterocycles. The zero-order chi connectivity index (χ0) is 20.9. The molecule has 8 heteroatoms. The highest BCUT2D eigenvalue weighted by atomic mass is 32.2. The molecular weight excluding hydrogens is 411 g/mol. The Labute approximate surface area is 176 Å². The van der Waals surface area contributed by atoms with Gasteiger partial charge in [0.25, 0.3) is 0 Å². The number of thioether (sulfide) groups is 1. The van der Waals surface area contributed by atoms with E-state index in [-0.39, 0.29) is 16.6 Å². The number of methoxy groups -OCH3 is 1. The summed E-state index contributed by atoms with van der Waals surface area (Å²) in [5.74, 6) is -0.206. The molecule has 1 fully saturated rings. The van der Waals surface area contributed by atoms with Gasteiger partial charge >= 0.3 is 0 Å². The molecule has 3 rings (SSSR count). The highest BCUT2D eigenvalue weighted by Crippen LogP contribution is 2.26. The lowest BCUT2D eigenvalue weighted by atomic mass is 9.97. The van der Waals surface area contributed by atoms with Crippen LogP contribution in [-0.4, -0.2) is 46.3 Å². The van der Waals surface area contributed by atoms with Gasteiger partial charge in [0.2, 0.25) is 10.0 Å². The van der Waals surface area contributed by atoms with E-state index in [4.69, 9.17) is 4.74 Å². The van der Waals surface area contributed by atoms with Crippen molar-refractivity contribution in [2.75, 3.05) is 33.0 Å². The van der Waals surface area contributed by atoms with E-state index in [9.17, 15) is 12.8 Å². The van der Waals surface area contributed by atoms with Crippen molar-refractivity contribution in [3.63, 3.8) is 0 Å². The number of sulfonamides is 1. The molecule has 0 radical (unpaired) electrons. The van der Waals surface area contributed by atoms with Crippen molar-refractivity contribution >= 4 is 21.8 Å². The van der Waals surface area contributed by atoms with Crippen LogP contribution in [0.25, 0.3) is 0 Å². The van der Waals surface area contributed by atoms with E-state index in [0.29, 0.717) is 6.54 Å². The zero-order valence-corrected chi connectivity index (χ0v) is 18.4. The van der Waals surface area contributed by atoms with Crippen molar-refractivity contribution in [2.24, 2.45) is 5.92 Å². The van der Waals surface area contributed by atoms with Crippen molar-refractivity contribution < 1.29 is 17.5 Å². The molecular formula is C21H27FN2O3S2. The third kappa shape index (κ3) is 5.72. The van der Waals surface area contributed by atoms with Crippen LogP contribution in [0.4, 0.5) is 4.39 Å². The standard InChI is InChI=1S/C21H27FN2O3S2/c1-27-19-8-7-18(22)13-21(19)29(25,26)23-14-16-9-11-24(12-10-16)15-17-5-3-4-6-20(17)28-2/h3-8,13,16,23H,9-12,14-15H2,1-2H3. The number of hydrogen-bond donors (Lipinski definition) is 1. The first-order valence-corrected chi connectivity index (χ1v) is 12.3. The van der Waals surface area contributed by atoms with Crippen molar-refractivity contribution in [2.45, 2.75) is 29.2 Å². The maximum atomic E-state index is 13.5. The first-order valence-electron chi connectivity index (χ1n) is 9.60. The van der Waals surface area contributed by atoms with Crippen LogP contribution in [-0.2, 0) is 16.6 Å². The molecule has 1 heterocycles. The number of likely N-dealkylation sites (tertiary alicyclic amines) is 1. The normalized spacial score (nSPS) is 16.1. The van der Waals surface area contributed by atoms with Gasteiger partial charge in [0.05, 0.1) is 7.11 Å². The minimum Gasteiger partial charge on any atom is -0.495 e. The maximum Gasteiger partial charge on any atom is 0.244 e. The third-order valence-corrected chi connectivity index (χ3v) is 7.55. The fourth-order valence-corrected chi connectivity index (χ4v) is 5.49. The molecule has 0 unspecified atom stereocenters. The number of ether oxygens (including phenoxy) is 1. The summed E-state index contributed by atoms with van der Waals surface area (Å²) in [6.07, 6.45) is 3.93. The monoisotopic (exact) mass is 438 g/mol. The van der Waals surface area contributed by atoms with Crippen LogP contribution in [0.3, 0.4) is 0 Å². The second kappa shape index (κ2) is 9.93. The molecule has 1 saturated heterocycles. The van der Waals surface area contributed by atoms with Crippen molar-refractivity contribution in [3.05, 3.63) is 53.8 Å². The maximum absolute atomic E-state index is 13.5. The van der Waals surface area contributed by atoms with Gasteiger partial charge in [-0.25, -0.2) is 17.5 Å². The van der Waals surface area contributed by atoms with Gasteiger partial charge in [0, 0.05) is 18.0 Å². The predicted molar refractivity (Wildman–Crippen MR) is 114 cm³/mol. The van der Waals surface area contributed by atoms with Crippen LogP contribution >= 0.6 is 11.8 Å². The topological polar surface area (TPSA) is 58.6 Å². The van der Waals surface area contributed by atoms with Gasteiger partial charge in [-0.15, -0.1) is 11.8 Å². The molecule has 0 bridgehead atoms. The van der Waals surface area contributed by atoms with Gasteiger partial charge in [-0.1, -0.05) is 18.2 Å². The van der Waals surface area contributed by atoms with Crippen LogP contribution in [0.5, 0.6) is 5.75 Å². The Morgan fingerprint density at radius 1 is 1.21 bits per heavy atom. The van der Waals surface area contributed by atoms with Gasteiger partial charge in [-0.3, -0.25) is 4.90 Å². The van der Waals surface area contributed by atoms with Crippen molar-refractivity contribution in [3.8, 4) is 5.75 Å². The molecule has 2 aromatic rings. The third-order valence-electron chi connectivity index (χ3n) is 5.27. The molecule has 1 aliphatic heterocycles. The lowest BCUT2D eigenvalue weighted by molar-refractivity contribution is 0.177. The molecule has 2 aromatic carbocycles. The Hall–Kier alpha value is -1.61. The summed E-state index contributed by atoms with van der Waals surface area (Å²) in [5.41, 5.74) is 1.33. The number of rotatable bonds is 8. The molecule has 0 saturated carbocycles. The van der Waals surface area contributed by atoms with Crippen LogP contribution in [0, 0.1) is 11.7 Å². The Kier molecular flexibility index (Phi) is 7.56. The highest BCUT2D eigenvalue weighted by molar-refractivity contribution is 7.98. The van der Waals surface area contributed by atoms with Gasteiger partial charge in [0.15, 0.2) is 0 Å². The van der Waals surface area contributed by atoms with E-state index >= 15 is 0 Å². The number of hydrogen-bond acceptors (Lipinski definition) is 5. The lowest BCUT2D eigenvalue weighted by Crippen LogP contribution is -2.38. The molecule has 158 valence electrons. The van der Waals surface area contributed by atoms with E-state index in [1.54, 1.807) is 11.8 Å². The van der Waals surface area contributed by atoms with Gasteiger partial charge in [-0.05, 0) is 67.9 Å². The molecule has 0 spiro atoms. The zero-order valence-electron chi connectivity index (χ0n) is 16.7. The predicted octanol–water partition coefficient (Wildman–Crippen LogP) is 3.75. The smallest absolute Gasteiger partial charge is 0.244 e. The van der Waals surface area contributed by atoms with E-state index in [1.807, 2.05) is 0 Å². The Morgan fingerprint density at radius 3 is 2.62 bits per heavy atom.